The van der Waals surface area contributed by atoms with E-state index in [0.29, 0.717) is 30.5 Å². The highest BCUT2D eigenvalue weighted by molar-refractivity contribution is 7.90. The van der Waals surface area contributed by atoms with Gasteiger partial charge in [0.2, 0.25) is 11.7 Å². The van der Waals surface area contributed by atoms with Crippen molar-refractivity contribution in [2.75, 3.05) is 18.0 Å². The second-order valence-corrected chi connectivity index (χ2v) is 9.85. The predicted octanol–water partition coefficient (Wildman–Crippen LogP) is 2.23. The lowest BCUT2D eigenvalue weighted by Gasteiger charge is -2.16. The number of amidine groups is 1. The number of anilines is 1. The van der Waals surface area contributed by atoms with E-state index in [1.165, 1.54) is 19.9 Å². The highest BCUT2D eigenvalue weighted by atomic mass is 32.2. The lowest BCUT2D eigenvalue weighted by molar-refractivity contribution is -0.146. The number of aliphatic imine (C=N–C) groups is 1. The van der Waals surface area contributed by atoms with Gasteiger partial charge in [0.25, 0.3) is 10.0 Å². The van der Waals surface area contributed by atoms with Crippen LogP contribution in [0.25, 0.3) is 0 Å². The van der Waals surface area contributed by atoms with Crippen LogP contribution in [0.15, 0.2) is 52.4 Å². The lowest BCUT2D eigenvalue weighted by Crippen LogP contribution is -2.26. The maximum absolute atomic E-state index is 12.7. The van der Waals surface area contributed by atoms with E-state index < -0.39 is 22.1 Å². The number of esters is 1. The molecule has 2 aliphatic heterocycles. The molecule has 0 aliphatic carbocycles. The number of nitrogens with zero attached hydrogens (tertiary/aromatic N) is 2. The lowest BCUT2D eigenvalue weighted by atomic mass is 10.0. The van der Waals surface area contributed by atoms with E-state index in [-0.39, 0.29) is 35.4 Å². The number of rotatable bonds is 7. The molecule has 0 spiro atoms. The molecule has 178 valence electrons. The van der Waals surface area contributed by atoms with Crippen LogP contribution in [0.2, 0.25) is 0 Å². The third kappa shape index (κ3) is 4.72. The highest BCUT2D eigenvalue weighted by Gasteiger charge is 2.30. The fraction of sp³-hybridized carbons (Fsp3) is 0.333. The van der Waals surface area contributed by atoms with Crippen molar-refractivity contribution in [2.24, 2.45) is 4.99 Å². The van der Waals surface area contributed by atoms with Crippen LogP contribution in [0.3, 0.4) is 0 Å². The van der Waals surface area contributed by atoms with Gasteiger partial charge in [0.1, 0.15) is 5.84 Å². The van der Waals surface area contributed by atoms with Crippen LogP contribution >= 0.6 is 0 Å². The molecule has 2 aromatic carbocycles. The molecular weight excluding hydrogens is 458 g/mol. The summed E-state index contributed by atoms with van der Waals surface area (Å²) in [6, 6.07) is 11.7. The summed E-state index contributed by atoms with van der Waals surface area (Å²) in [7, 11) is -3.60. The summed E-state index contributed by atoms with van der Waals surface area (Å²) >= 11 is 0. The van der Waals surface area contributed by atoms with Crippen molar-refractivity contribution in [2.45, 2.75) is 44.1 Å². The largest absolute Gasteiger partial charge is 0.454 e. The van der Waals surface area contributed by atoms with Gasteiger partial charge in [-0.25, -0.2) is 8.42 Å². The molecule has 1 amide bonds. The van der Waals surface area contributed by atoms with Crippen LogP contribution in [0.5, 0.6) is 0 Å². The average molecular weight is 484 g/mol. The predicted molar refractivity (Wildman–Crippen MR) is 125 cm³/mol. The molecule has 0 saturated carbocycles. The third-order valence-electron chi connectivity index (χ3n) is 5.79. The zero-order valence-electron chi connectivity index (χ0n) is 18.9. The minimum atomic E-state index is -3.60. The average Bonchev–Trinajstić information content (AvgIpc) is 3.34. The number of hydrogen-bond donors (Lipinski definition) is 1. The number of fused-ring (bicyclic) bond motifs is 2. The van der Waals surface area contributed by atoms with Gasteiger partial charge >= 0.3 is 5.97 Å². The van der Waals surface area contributed by atoms with Crippen molar-refractivity contribution in [3.63, 3.8) is 0 Å². The van der Waals surface area contributed by atoms with Crippen LogP contribution in [-0.2, 0) is 30.8 Å². The first-order chi connectivity index (χ1) is 16.2. The van der Waals surface area contributed by atoms with E-state index in [1.54, 1.807) is 41.3 Å². The van der Waals surface area contributed by atoms with Crippen LogP contribution < -0.4 is 9.62 Å². The molecule has 0 saturated heterocycles. The van der Waals surface area contributed by atoms with Crippen LogP contribution in [0.1, 0.15) is 48.2 Å². The van der Waals surface area contributed by atoms with Gasteiger partial charge in [-0.1, -0.05) is 12.1 Å². The van der Waals surface area contributed by atoms with Crippen LogP contribution in [0, 0.1) is 0 Å². The van der Waals surface area contributed by atoms with Crippen molar-refractivity contribution in [3.05, 3.63) is 59.2 Å². The number of amides is 1. The molecule has 10 heteroatoms. The topological polar surface area (TPSA) is 122 Å². The molecule has 9 nitrogen and oxygen atoms in total. The third-order valence-corrected chi connectivity index (χ3v) is 7.19. The summed E-state index contributed by atoms with van der Waals surface area (Å²) in [6.45, 7) is 3.84. The Morgan fingerprint density at radius 2 is 1.94 bits per heavy atom. The van der Waals surface area contributed by atoms with Gasteiger partial charge in [-0.3, -0.25) is 24.1 Å². The summed E-state index contributed by atoms with van der Waals surface area (Å²) in [5.74, 6) is -0.626. The summed E-state index contributed by atoms with van der Waals surface area (Å²) in [4.78, 5) is 42.8. The second-order valence-electron chi connectivity index (χ2n) is 8.20. The van der Waals surface area contributed by atoms with Gasteiger partial charge in [0, 0.05) is 43.2 Å². The fourth-order valence-electron chi connectivity index (χ4n) is 4.09. The van der Waals surface area contributed by atoms with E-state index >= 15 is 0 Å². The molecule has 0 radical (unpaired) electrons. The van der Waals surface area contributed by atoms with E-state index in [2.05, 4.69) is 9.71 Å². The van der Waals surface area contributed by atoms with Crippen LogP contribution in [-0.4, -0.2) is 51.1 Å². The molecule has 0 fully saturated rings. The van der Waals surface area contributed by atoms with Crippen molar-refractivity contribution < 1.29 is 27.5 Å². The summed E-state index contributed by atoms with van der Waals surface area (Å²) in [5, 5.41) is 0. The zero-order valence-corrected chi connectivity index (χ0v) is 19.7. The molecule has 0 aromatic heterocycles. The second kappa shape index (κ2) is 9.38. The number of sulfonamides is 1. The molecule has 34 heavy (non-hydrogen) atoms. The zero-order chi connectivity index (χ0) is 24.5. The Balaban J connectivity index is 1.29. The smallest absolute Gasteiger partial charge is 0.306 e. The molecule has 1 atom stereocenters. The minimum absolute atomic E-state index is 0.0418. The molecule has 0 unspecified atom stereocenters. The fourth-order valence-corrected chi connectivity index (χ4v) is 5.34. The number of benzene rings is 2. The summed E-state index contributed by atoms with van der Waals surface area (Å²) in [5.41, 5.74) is 2.67. The molecule has 2 aliphatic rings. The van der Waals surface area contributed by atoms with Crippen molar-refractivity contribution in [1.82, 2.24) is 4.72 Å². The Kier molecular flexibility index (Phi) is 6.52. The molecule has 2 heterocycles. The van der Waals surface area contributed by atoms with E-state index in [0.717, 1.165) is 11.3 Å². The first-order valence-electron chi connectivity index (χ1n) is 11.0. The van der Waals surface area contributed by atoms with Crippen molar-refractivity contribution in [3.8, 4) is 0 Å². The Hall–Kier alpha value is -3.53. The summed E-state index contributed by atoms with van der Waals surface area (Å²) in [6.07, 6.45) is 0.108. The SMILES string of the molecule is CC(=O)N1CCc2cc(C(=O)[C@@H](C)OC(=O)CCCN=C3NS(=O)(=O)c4ccccc43)ccc21. The Bertz CT molecular complexity index is 1300. The molecule has 0 bridgehead atoms. The highest BCUT2D eigenvalue weighted by Crippen LogP contribution is 2.29. The molecule has 2 aromatic rings. The molecular formula is C24H25N3O6S. The number of ketones is 1. The minimum Gasteiger partial charge on any atom is -0.454 e. The standard InChI is InChI=1S/C24H25N3O6S/c1-15(23(30)18-9-10-20-17(14-18)11-13-27(20)16(2)28)33-22(29)8-5-12-25-24-19-6-3-4-7-21(19)34(31,32)26-24/h3-4,6-7,9-10,14-15H,5,8,11-13H2,1-2H3,(H,25,26)/t15-/m1/s1. The number of carbonyl (C=O) groups is 3. The molecule has 4 rings (SSSR count). The van der Waals surface area contributed by atoms with Gasteiger partial charge in [-0.2, -0.15) is 0 Å². The monoisotopic (exact) mass is 483 g/mol. The van der Waals surface area contributed by atoms with Crippen molar-refractivity contribution in [1.29, 1.82) is 0 Å². The Morgan fingerprint density at radius 3 is 2.71 bits per heavy atom. The van der Waals surface area contributed by atoms with Crippen LogP contribution in [0.4, 0.5) is 5.69 Å². The van der Waals surface area contributed by atoms with Crippen molar-refractivity contribution >= 4 is 39.2 Å². The van der Waals surface area contributed by atoms with Gasteiger partial charge in [0.05, 0.1) is 4.90 Å². The number of carbonyl (C=O) groups excluding carboxylic acids is 3. The normalized spacial score (nSPS) is 17.6. The molecule has 1 N–H and O–H groups in total. The van der Waals surface area contributed by atoms with Gasteiger partial charge in [-0.15, -0.1) is 0 Å². The number of Topliss-reactive ketones (excluding diaryl/α,β-unsaturated/α-hetero) is 1. The number of nitrogens with one attached hydrogen (secondary N) is 1. The van der Waals surface area contributed by atoms with Gasteiger partial charge in [0.15, 0.2) is 6.10 Å². The maximum atomic E-state index is 12.7. The Labute approximate surface area is 197 Å². The van der Waals surface area contributed by atoms with Gasteiger partial charge in [-0.05, 0) is 55.7 Å². The van der Waals surface area contributed by atoms with Gasteiger partial charge < -0.3 is 9.64 Å². The van der Waals surface area contributed by atoms with E-state index in [9.17, 15) is 22.8 Å². The first kappa shape index (κ1) is 23.6. The first-order valence-corrected chi connectivity index (χ1v) is 12.5. The quantitative estimate of drug-likeness (QED) is 0.366. The summed E-state index contributed by atoms with van der Waals surface area (Å²) < 4.78 is 31.9. The van der Waals surface area contributed by atoms with E-state index in [4.69, 9.17) is 4.74 Å². The number of hydrogen-bond acceptors (Lipinski definition) is 7. The number of ether oxygens (including phenoxy) is 1. The maximum Gasteiger partial charge on any atom is 0.306 e. The Morgan fingerprint density at radius 1 is 1.18 bits per heavy atom. The van der Waals surface area contributed by atoms with E-state index in [1.807, 2.05) is 0 Å².